The predicted molar refractivity (Wildman–Crippen MR) is 46.7 cm³/mol. The summed E-state index contributed by atoms with van der Waals surface area (Å²) in [5.41, 5.74) is 1.26. The van der Waals surface area contributed by atoms with Gasteiger partial charge in [-0.15, -0.1) is 0 Å². The number of aromatic amines is 2. The van der Waals surface area contributed by atoms with Gasteiger partial charge in [0.25, 0.3) is 5.82 Å². The Labute approximate surface area is 72.6 Å². The SMILES string of the molecule is CCNCc1c[nH+]c(C2CC2)[nH]1. The second kappa shape index (κ2) is 3.27. The van der Waals surface area contributed by atoms with Crippen LogP contribution in [0, 0.1) is 0 Å². The van der Waals surface area contributed by atoms with E-state index in [4.69, 9.17) is 0 Å². The Morgan fingerprint density at radius 3 is 3.17 bits per heavy atom. The first kappa shape index (κ1) is 7.80. The monoisotopic (exact) mass is 166 g/mol. The number of H-pyrrole nitrogens is 2. The third-order valence-corrected chi connectivity index (χ3v) is 2.25. The fourth-order valence-electron chi connectivity index (χ4n) is 1.36. The Kier molecular flexibility index (Phi) is 2.13. The summed E-state index contributed by atoms with van der Waals surface area (Å²) in [6.45, 7) is 4.09. The topological polar surface area (TPSA) is 42.0 Å². The number of rotatable bonds is 4. The van der Waals surface area contributed by atoms with E-state index >= 15 is 0 Å². The molecule has 12 heavy (non-hydrogen) atoms. The second-order valence-electron chi connectivity index (χ2n) is 3.41. The van der Waals surface area contributed by atoms with E-state index < -0.39 is 0 Å². The fraction of sp³-hybridized carbons (Fsp3) is 0.667. The number of imidazole rings is 1. The molecule has 1 aromatic rings. The van der Waals surface area contributed by atoms with Crippen molar-refractivity contribution in [1.29, 1.82) is 0 Å². The lowest BCUT2D eigenvalue weighted by Crippen LogP contribution is -2.11. The third kappa shape index (κ3) is 1.67. The van der Waals surface area contributed by atoms with Gasteiger partial charge in [-0.3, -0.25) is 0 Å². The van der Waals surface area contributed by atoms with Crippen LogP contribution in [0.4, 0.5) is 0 Å². The lowest BCUT2D eigenvalue weighted by Gasteiger charge is -1.92. The molecule has 1 heterocycles. The van der Waals surface area contributed by atoms with E-state index in [0.29, 0.717) is 0 Å². The molecule has 1 aromatic heterocycles. The highest BCUT2D eigenvalue weighted by atomic mass is 15.0. The van der Waals surface area contributed by atoms with Gasteiger partial charge in [-0.25, -0.2) is 9.97 Å². The molecule has 1 aliphatic rings. The van der Waals surface area contributed by atoms with Crippen molar-refractivity contribution < 1.29 is 4.98 Å². The van der Waals surface area contributed by atoms with Crippen molar-refractivity contribution in [3.8, 4) is 0 Å². The molecule has 0 amide bonds. The van der Waals surface area contributed by atoms with Crippen LogP contribution in [0.2, 0.25) is 0 Å². The van der Waals surface area contributed by atoms with E-state index in [1.165, 1.54) is 24.4 Å². The summed E-state index contributed by atoms with van der Waals surface area (Å²) in [7, 11) is 0. The average Bonchev–Trinajstić information content (AvgIpc) is 2.83. The summed E-state index contributed by atoms with van der Waals surface area (Å²) >= 11 is 0. The maximum Gasteiger partial charge on any atom is 0.255 e. The van der Waals surface area contributed by atoms with E-state index in [1.807, 2.05) is 0 Å². The first-order valence-corrected chi connectivity index (χ1v) is 4.70. The molecule has 0 atom stereocenters. The molecule has 1 fully saturated rings. The van der Waals surface area contributed by atoms with Gasteiger partial charge in [0.2, 0.25) is 0 Å². The molecule has 2 rings (SSSR count). The zero-order valence-corrected chi connectivity index (χ0v) is 7.48. The molecule has 3 heteroatoms. The van der Waals surface area contributed by atoms with Gasteiger partial charge < -0.3 is 5.32 Å². The maximum atomic E-state index is 3.39. The largest absolute Gasteiger partial charge is 0.310 e. The molecule has 0 spiro atoms. The average molecular weight is 166 g/mol. The minimum atomic E-state index is 0.792. The van der Waals surface area contributed by atoms with Gasteiger partial charge in [0, 0.05) is 0 Å². The molecule has 0 aliphatic heterocycles. The predicted octanol–water partition coefficient (Wildman–Crippen LogP) is 0.816. The molecular weight excluding hydrogens is 150 g/mol. The Hall–Kier alpha value is -0.830. The number of nitrogens with one attached hydrogen (secondary N) is 3. The maximum absolute atomic E-state index is 3.39. The molecule has 3 nitrogen and oxygen atoms in total. The standard InChI is InChI=1S/C9H15N3/c1-2-10-5-8-6-11-9(12-8)7-3-4-7/h6-7,10H,2-5H2,1H3,(H,11,12)/p+1. The van der Waals surface area contributed by atoms with Crippen LogP contribution in [0.3, 0.4) is 0 Å². The summed E-state index contributed by atoms with van der Waals surface area (Å²) < 4.78 is 0. The van der Waals surface area contributed by atoms with Gasteiger partial charge >= 0.3 is 0 Å². The van der Waals surface area contributed by atoms with Crippen LogP contribution < -0.4 is 10.3 Å². The summed E-state index contributed by atoms with van der Waals surface area (Å²) in [5.74, 6) is 2.10. The van der Waals surface area contributed by atoms with Gasteiger partial charge in [0.1, 0.15) is 6.20 Å². The van der Waals surface area contributed by atoms with Gasteiger partial charge in [-0.1, -0.05) is 6.92 Å². The number of aromatic nitrogens is 2. The lowest BCUT2D eigenvalue weighted by molar-refractivity contribution is -0.388. The number of hydrogen-bond acceptors (Lipinski definition) is 1. The Balaban J connectivity index is 1.93. The quantitative estimate of drug-likeness (QED) is 0.683. The van der Waals surface area contributed by atoms with E-state index in [2.05, 4.69) is 28.4 Å². The molecule has 1 aliphatic carbocycles. The van der Waals surface area contributed by atoms with Gasteiger partial charge in [-0.05, 0) is 19.4 Å². The molecule has 66 valence electrons. The molecular formula is C9H16N3+. The van der Waals surface area contributed by atoms with Crippen molar-refractivity contribution in [2.45, 2.75) is 32.2 Å². The second-order valence-corrected chi connectivity index (χ2v) is 3.41. The molecule has 0 radical (unpaired) electrons. The first-order chi connectivity index (χ1) is 5.90. The van der Waals surface area contributed by atoms with Crippen LogP contribution in [0.1, 0.15) is 37.2 Å². The first-order valence-electron chi connectivity index (χ1n) is 4.70. The number of hydrogen-bond donors (Lipinski definition) is 2. The Morgan fingerprint density at radius 1 is 1.67 bits per heavy atom. The minimum Gasteiger partial charge on any atom is -0.310 e. The van der Waals surface area contributed by atoms with E-state index in [9.17, 15) is 0 Å². The summed E-state index contributed by atoms with van der Waals surface area (Å²) in [5, 5.41) is 3.29. The van der Waals surface area contributed by atoms with Gasteiger partial charge in [-0.2, -0.15) is 0 Å². The van der Waals surface area contributed by atoms with Crippen LogP contribution in [-0.2, 0) is 6.54 Å². The zero-order valence-electron chi connectivity index (χ0n) is 7.48. The normalized spacial score (nSPS) is 16.8. The van der Waals surface area contributed by atoms with Crippen LogP contribution >= 0.6 is 0 Å². The Morgan fingerprint density at radius 2 is 2.50 bits per heavy atom. The van der Waals surface area contributed by atoms with E-state index in [0.717, 1.165) is 19.0 Å². The smallest absolute Gasteiger partial charge is 0.255 e. The Bertz CT molecular complexity index is 250. The molecule has 0 aromatic carbocycles. The summed E-state index contributed by atoms with van der Waals surface area (Å²) in [4.78, 5) is 6.67. The highest BCUT2D eigenvalue weighted by Crippen LogP contribution is 2.36. The summed E-state index contributed by atoms with van der Waals surface area (Å²) in [6, 6.07) is 0. The lowest BCUT2D eigenvalue weighted by atomic mass is 10.4. The molecule has 0 saturated heterocycles. The minimum absolute atomic E-state index is 0.792. The molecule has 3 N–H and O–H groups in total. The van der Waals surface area contributed by atoms with E-state index in [1.54, 1.807) is 0 Å². The zero-order chi connectivity index (χ0) is 8.39. The van der Waals surface area contributed by atoms with Crippen LogP contribution in [0.5, 0.6) is 0 Å². The molecule has 0 unspecified atom stereocenters. The van der Waals surface area contributed by atoms with Crippen molar-refractivity contribution in [3.05, 3.63) is 17.7 Å². The fourth-order valence-corrected chi connectivity index (χ4v) is 1.36. The van der Waals surface area contributed by atoms with Crippen LogP contribution in [0.25, 0.3) is 0 Å². The molecule has 1 saturated carbocycles. The van der Waals surface area contributed by atoms with Crippen LogP contribution in [-0.4, -0.2) is 11.5 Å². The molecule has 0 bridgehead atoms. The van der Waals surface area contributed by atoms with Gasteiger partial charge in [0.15, 0.2) is 5.69 Å². The summed E-state index contributed by atoms with van der Waals surface area (Å²) in [6.07, 6.45) is 4.76. The van der Waals surface area contributed by atoms with Crippen molar-refractivity contribution in [3.63, 3.8) is 0 Å². The van der Waals surface area contributed by atoms with Crippen molar-refractivity contribution in [1.82, 2.24) is 10.3 Å². The highest BCUT2D eigenvalue weighted by molar-refractivity contribution is 5.03. The van der Waals surface area contributed by atoms with Gasteiger partial charge in [0.05, 0.1) is 12.5 Å². The van der Waals surface area contributed by atoms with Crippen LogP contribution in [0.15, 0.2) is 6.20 Å². The van der Waals surface area contributed by atoms with Crippen molar-refractivity contribution >= 4 is 0 Å². The van der Waals surface area contributed by atoms with Crippen molar-refractivity contribution in [2.24, 2.45) is 0 Å². The highest BCUT2D eigenvalue weighted by Gasteiger charge is 2.30. The van der Waals surface area contributed by atoms with Crippen molar-refractivity contribution in [2.75, 3.05) is 6.54 Å². The third-order valence-electron chi connectivity index (χ3n) is 2.25. The van der Waals surface area contributed by atoms with E-state index in [-0.39, 0.29) is 0 Å².